The number of rotatable bonds is 5. The summed E-state index contributed by atoms with van der Waals surface area (Å²) in [6, 6.07) is 8.91. The van der Waals surface area contributed by atoms with Gasteiger partial charge < -0.3 is 14.7 Å². The van der Waals surface area contributed by atoms with E-state index in [1.165, 1.54) is 4.88 Å². The van der Waals surface area contributed by atoms with E-state index in [1.54, 1.807) is 59.3 Å². The third-order valence-electron chi connectivity index (χ3n) is 3.82. The molecular weight excluding hydrogens is 346 g/mol. The zero-order valence-electron chi connectivity index (χ0n) is 13.1. The number of amides is 1. The second kappa shape index (κ2) is 7.27. The quantitative estimate of drug-likeness (QED) is 0.884. The van der Waals surface area contributed by atoms with Gasteiger partial charge in [-0.05, 0) is 53.4 Å². The minimum Gasteiger partial charge on any atom is -0.482 e. The summed E-state index contributed by atoms with van der Waals surface area (Å²) in [7, 11) is 1.76. The molecule has 24 heavy (non-hydrogen) atoms. The van der Waals surface area contributed by atoms with Crippen LogP contribution >= 0.6 is 23.1 Å². The van der Waals surface area contributed by atoms with Crippen molar-refractivity contribution in [3.8, 4) is 5.75 Å². The standard InChI is InChI=1S/C17H17NO4S2/c1-18(11-2-4-12(5-3-11)22-10-15(19)20)17(21)16-13-6-8-23-14(13)7-9-24-16/h2-6,8,16H,7,9-10H2,1H3,(H,19,20). The van der Waals surface area contributed by atoms with Gasteiger partial charge in [0.15, 0.2) is 6.61 Å². The van der Waals surface area contributed by atoms with E-state index in [-0.39, 0.29) is 17.8 Å². The SMILES string of the molecule is CN(C(=O)C1SCCc2sccc21)c1ccc(OCC(=O)O)cc1. The lowest BCUT2D eigenvalue weighted by atomic mass is 10.1. The predicted molar refractivity (Wildman–Crippen MR) is 96.2 cm³/mol. The van der Waals surface area contributed by atoms with E-state index in [0.717, 1.165) is 23.4 Å². The van der Waals surface area contributed by atoms with E-state index < -0.39 is 5.97 Å². The van der Waals surface area contributed by atoms with Crippen LogP contribution in [0.25, 0.3) is 0 Å². The number of carbonyl (C=O) groups is 2. The Hall–Kier alpha value is -1.99. The number of benzene rings is 1. The highest BCUT2D eigenvalue weighted by Gasteiger charge is 2.30. The van der Waals surface area contributed by atoms with Gasteiger partial charge in [-0.1, -0.05) is 0 Å². The van der Waals surface area contributed by atoms with Crippen molar-refractivity contribution in [1.82, 2.24) is 0 Å². The molecule has 0 saturated carbocycles. The molecule has 2 aromatic rings. The van der Waals surface area contributed by atoms with Crippen LogP contribution in [-0.2, 0) is 16.0 Å². The Morgan fingerprint density at radius 3 is 2.75 bits per heavy atom. The Morgan fingerprint density at radius 1 is 1.29 bits per heavy atom. The van der Waals surface area contributed by atoms with Crippen molar-refractivity contribution in [3.05, 3.63) is 46.2 Å². The number of aryl methyl sites for hydroxylation is 1. The summed E-state index contributed by atoms with van der Waals surface area (Å²) >= 11 is 3.40. The summed E-state index contributed by atoms with van der Waals surface area (Å²) in [5.41, 5.74) is 1.89. The highest BCUT2D eigenvalue weighted by atomic mass is 32.2. The zero-order valence-corrected chi connectivity index (χ0v) is 14.7. The number of carbonyl (C=O) groups excluding carboxylic acids is 1. The molecule has 5 nitrogen and oxygen atoms in total. The highest BCUT2D eigenvalue weighted by molar-refractivity contribution is 8.00. The van der Waals surface area contributed by atoms with Gasteiger partial charge in [0.25, 0.3) is 0 Å². The molecule has 0 saturated heterocycles. The van der Waals surface area contributed by atoms with Crippen LogP contribution in [0.3, 0.4) is 0 Å². The molecule has 1 atom stereocenters. The molecule has 126 valence electrons. The Labute approximate surface area is 148 Å². The van der Waals surface area contributed by atoms with Crippen molar-refractivity contribution in [1.29, 1.82) is 0 Å². The van der Waals surface area contributed by atoms with Crippen LogP contribution in [0.1, 0.15) is 15.7 Å². The van der Waals surface area contributed by atoms with Crippen LogP contribution in [0, 0.1) is 0 Å². The van der Waals surface area contributed by atoms with Gasteiger partial charge in [-0.3, -0.25) is 4.79 Å². The van der Waals surface area contributed by atoms with E-state index in [1.807, 2.05) is 11.4 Å². The number of thiophene rings is 1. The number of hydrogen-bond acceptors (Lipinski definition) is 5. The molecule has 1 aliphatic rings. The molecule has 1 aromatic carbocycles. The minimum absolute atomic E-state index is 0.0542. The van der Waals surface area contributed by atoms with E-state index >= 15 is 0 Å². The molecule has 1 aromatic heterocycles. The molecule has 2 heterocycles. The summed E-state index contributed by atoms with van der Waals surface area (Å²) in [5.74, 6) is 0.458. The first kappa shape index (κ1) is 16.9. The number of likely N-dealkylation sites (N-methyl/N-ethyl adjacent to an activating group) is 1. The average Bonchev–Trinajstić information content (AvgIpc) is 3.08. The Bertz CT molecular complexity index is 741. The normalized spacial score (nSPS) is 16.3. The molecule has 0 spiro atoms. The fourth-order valence-electron chi connectivity index (χ4n) is 2.57. The van der Waals surface area contributed by atoms with Gasteiger partial charge in [0.2, 0.25) is 5.91 Å². The minimum atomic E-state index is -1.02. The lowest BCUT2D eigenvalue weighted by Gasteiger charge is -2.26. The maximum absolute atomic E-state index is 12.9. The molecule has 1 amide bonds. The molecule has 0 radical (unpaired) electrons. The number of carboxylic acid groups (broad SMARTS) is 1. The Balaban J connectivity index is 1.71. The first-order valence-electron chi connectivity index (χ1n) is 7.46. The van der Waals surface area contributed by atoms with Crippen molar-refractivity contribution in [2.45, 2.75) is 11.7 Å². The lowest BCUT2D eigenvalue weighted by Crippen LogP contribution is -2.31. The van der Waals surface area contributed by atoms with Gasteiger partial charge in [-0.15, -0.1) is 23.1 Å². The third-order valence-corrected chi connectivity index (χ3v) is 6.04. The second-order valence-electron chi connectivity index (χ2n) is 5.37. The zero-order chi connectivity index (χ0) is 17.1. The maximum Gasteiger partial charge on any atom is 0.341 e. The van der Waals surface area contributed by atoms with Crippen LogP contribution in [-0.4, -0.2) is 36.4 Å². The third kappa shape index (κ3) is 3.57. The van der Waals surface area contributed by atoms with Crippen molar-refractivity contribution >= 4 is 40.7 Å². The van der Waals surface area contributed by atoms with Gasteiger partial charge >= 0.3 is 5.97 Å². The van der Waals surface area contributed by atoms with E-state index in [4.69, 9.17) is 9.84 Å². The molecule has 0 aliphatic carbocycles. The largest absolute Gasteiger partial charge is 0.482 e. The number of thioether (sulfide) groups is 1. The van der Waals surface area contributed by atoms with Crippen molar-refractivity contribution in [2.24, 2.45) is 0 Å². The van der Waals surface area contributed by atoms with Crippen molar-refractivity contribution < 1.29 is 19.4 Å². The van der Waals surface area contributed by atoms with Crippen molar-refractivity contribution in [2.75, 3.05) is 24.3 Å². The van der Waals surface area contributed by atoms with Crippen molar-refractivity contribution in [3.63, 3.8) is 0 Å². The van der Waals surface area contributed by atoms with Gasteiger partial charge in [0, 0.05) is 17.6 Å². The highest BCUT2D eigenvalue weighted by Crippen LogP contribution is 2.40. The summed E-state index contributed by atoms with van der Waals surface area (Å²) in [6.07, 6.45) is 1.03. The second-order valence-corrected chi connectivity index (χ2v) is 7.59. The van der Waals surface area contributed by atoms with Crippen LogP contribution in [0.5, 0.6) is 5.75 Å². The first-order chi connectivity index (χ1) is 11.6. The molecule has 0 fully saturated rings. The van der Waals surface area contributed by atoms with Gasteiger partial charge in [0.05, 0.1) is 0 Å². The van der Waals surface area contributed by atoms with E-state index in [0.29, 0.717) is 5.75 Å². The molecule has 7 heteroatoms. The number of anilines is 1. The fraction of sp³-hybridized carbons (Fsp3) is 0.294. The van der Waals surface area contributed by atoms with Crippen LogP contribution < -0.4 is 9.64 Å². The maximum atomic E-state index is 12.9. The number of hydrogen-bond donors (Lipinski definition) is 1. The summed E-state index contributed by atoms with van der Waals surface area (Å²) in [5, 5.41) is 10.5. The molecule has 1 N–H and O–H groups in total. The molecular formula is C17H17NO4S2. The molecule has 0 bridgehead atoms. The monoisotopic (exact) mass is 363 g/mol. The van der Waals surface area contributed by atoms with Gasteiger partial charge in [-0.25, -0.2) is 4.79 Å². The summed E-state index contributed by atoms with van der Waals surface area (Å²) in [6.45, 7) is -0.381. The fourth-order valence-corrected chi connectivity index (χ4v) is 4.95. The van der Waals surface area contributed by atoms with Gasteiger partial charge in [0.1, 0.15) is 11.0 Å². The van der Waals surface area contributed by atoms with E-state index in [9.17, 15) is 9.59 Å². The smallest absolute Gasteiger partial charge is 0.341 e. The topological polar surface area (TPSA) is 66.8 Å². The number of aliphatic carboxylic acids is 1. The Morgan fingerprint density at radius 2 is 2.04 bits per heavy atom. The average molecular weight is 363 g/mol. The number of nitrogens with zero attached hydrogens (tertiary/aromatic N) is 1. The lowest BCUT2D eigenvalue weighted by molar-refractivity contribution is -0.139. The summed E-state index contributed by atoms with van der Waals surface area (Å²) < 4.78 is 5.11. The van der Waals surface area contributed by atoms with Crippen LogP contribution in [0.4, 0.5) is 5.69 Å². The van der Waals surface area contributed by atoms with E-state index in [2.05, 4.69) is 0 Å². The number of fused-ring (bicyclic) bond motifs is 1. The molecule has 3 rings (SSSR count). The summed E-state index contributed by atoms with van der Waals surface area (Å²) in [4.78, 5) is 26.3. The molecule has 1 aliphatic heterocycles. The first-order valence-corrected chi connectivity index (χ1v) is 9.39. The van der Waals surface area contributed by atoms with Crippen LogP contribution in [0.2, 0.25) is 0 Å². The number of ether oxygens (including phenoxy) is 1. The van der Waals surface area contributed by atoms with Crippen LogP contribution in [0.15, 0.2) is 35.7 Å². The Kier molecular flexibility index (Phi) is 5.11. The van der Waals surface area contributed by atoms with Gasteiger partial charge in [-0.2, -0.15) is 0 Å². The molecule has 1 unspecified atom stereocenters. The number of carboxylic acids is 1. The predicted octanol–water partition coefficient (Wildman–Crippen LogP) is 3.20.